The van der Waals surface area contributed by atoms with Gasteiger partial charge in [0.05, 0.1) is 11.7 Å². The van der Waals surface area contributed by atoms with Crippen molar-refractivity contribution in [3.8, 4) is 0 Å². The summed E-state index contributed by atoms with van der Waals surface area (Å²) in [4.78, 5) is 12.1. The number of aliphatic hydroxyl groups is 1. The first kappa shape index (κ1) is 16.1. The molecule has 2 aliphatic heterocycles. The Balaban J connectivity index is 1.48. The van der Waals surface area contributed by atoms with E-state index in [4.69, 9.17) is 15.1 Å². The first-order valence-corrected chi connectivity index (χ1v) is 9.92. The molecule has 2 bridgehead atoms. The van der Waals surface area contributed by atoms with E-state index in [1.54, 1.807) is 0 Å². The molecule has 2 aromatic rings. The summed E-state index contributed by atoms with van der Waals surface area (Å²) in [6.07, 6.45) is 5.68. The van der Waals surface area contributed by atoms with E-state index < -0.39 is 0 Å². The molecule has 136 valence electrons. The van der Waals surface area contributed by atoms with Crippen LogP contribution in [0.15, 0.2) is 30.3 Å². The molecule has 1 aromatic heterocycles. The fraction of sp³-hybridized carbons (Fsp3) is 0.524. The van der Waals surface area contributed by atoms with Crippen LogP contribution in [0.25, 0.3) is 0 Å². The molecule has 1 aromatic carbocycles. The van der Waals surface area contributed by atoms with Crippen LogP contribution in [0.4, 0.5) is 11.8 Å². The molecule has 2 aliphatic carbocycles. The van der Waals surface area contributed by atoms with E-state index in [1.807, 2.05) is 0 Å². The van der Waals surface area contributed by atoms with E-state index in [2.05, 4.69) is 40.5 Å². The van der Waals surface area contributed by atoms with Crippen LogP contribution < -0.4 is 10.2 Å². The van der Waals surface area contributed by atoms with Gasteiger partial charge in [0.25, 0.3) is 0 Å². The molecule has 2 fully saturated rings. The minimum Gasteiger partial charge on any atom is -0.396 e. The van der Waals surface area contributed by atoms with Crippen molar-refractivity contribution in [2.24, 2.45) is 0 Å². The first-order valence-electron chi connectivity index (χ1n) is 9.92. The van der Waals surface area contributed by atoms with E-state index in [1.165, 1.54) is 42.5 Å². The van der Waals surface area contributed by atoms with E-state index in [0.717, 1.165) is 12.4 Å². The fourth-order valence-electron chi connectivity index (χ4n) is 4.53. The topological polar surface area (TPSA) is 61.3 Å². The van der Waals surface area contributed by atoms with Gasteiger partial charge in [-0.1, -0.05) is 24.3 Å². The highest BCUT2D eigenvalue weighted by molar-refractivity contribution is 5.53. The van der Waals surface area contributed by atoms with Crippen molar-refractivity contribution in [3.05, 3.63) is 47.2 Å². The summed E-state index contributed by atoms with van der Waals surface area (Å²) in [5, 5.41) is 12.3. The average molecular weight is 350 g/mol. The van der Waals surface area contributed by atoms with Gasteiger partial charge in [0.1, 0.15) is 5.82 Å². The average Bonchev–Trinajstić information content (AvgIpc) is 3.54. The molecule has 0 radical (unpaired) electrons. The molecule has 1 saturated heterocycles. The van der Waals surface area contributed by atoms with E-state index in [-0.39, 0.29) is 6.61 Å². The summed E-state index contributed by atoms with van der Waals surface area (Å²) in [5.74, 6) is 3.00. The SMILES string of the molecule is OCCCNc1nc(C2CC2)cc(N2C[C@H]3CC[C@H]2c2ccccc23)n1. The predicted molar refractivity (Wildman–Crippen MR) is 103 cm³/mol. The summed E-state index contributed by atoms with van der Waals surface area (Å²) in [7, 11) is 0. The third-order valence-electron chi connectivity index (χ3n) is 6.02. The molecule has 26 heavy (non-hydrogen) atoms. The highest BCUT2D eigenvalue weighted by atomic mass is 16.3. The molecule has 1 saturated carbocycles. The van der Waals surface area contributed by atoms with Crippen molar-refractivity contribution < 1.29 is 5.11 Å². The second kappa shape index (κ2) is 6.54. The molecule has 5 heteroatoms. The number of hydrogen-bond donors (Lipinski definition) is 2. The Kier molecular flexibility index (Phi) is 4.04. The maximum atomic E-state index is 9.03. The van der Waals surface area contributed by atoms with Crippen LogP contribution in [0.1, 0.15) is 66.8 Å². The maximum Gasteiger partial charge on any atom is 0.224 e. The number of piperidine rings is 1. The minimum absolute atomic E-state index is 0.189. The van der Waals surface area contributed by atoms with E-state index in [0.29, 0.717) is 36.8 Å². The number of nitrogens with one attached hydrogen (secondary N) is 1. The lowest BCUT2D eigenvalue weighted by Crippen LogP contribution is -2.43. The standard InChI is InChI=1S/C21H26N4O/c26-11-3-10-22-21-23-18(14-6-7-14)12-20(24-21)25-13-15-8-9-19(25)17-5-2-1-4-16(15)17/h1-2,4-5,12,14-15,19,26H,3,6-11,13H2,(H,22,23,24)/t15-,19+/m1/s1. The normalized spacial score (nSPS) is 23.8. The van der Waals surface area contributed by atoms with Gasteiger partial charge in [0.15, 0.2) is 0 Å². The smallest absolute Gasteiger partial charge is 0.224 e. The number of aliphatic hydroxyl groups excluding tert-OH is 1. The number of anilines is 2. The number of benzene rings is 1. The molecule has 0 amide bonds. The lowest BCUT2D eigenvalue weighted by molar-refractivity contribution is 0.292. The zero-order valence-corrected chi connectivity index (χ0v) is 15.1. The van der Waals surface area contributed by atoms with Crippen molar-refractivity contribution >= 4 is 11.8 Å². The molecule has 4 aliphatic rings. The number of nitrogens with zero attached hydrogens (tertiary/aromatic N) is 3. The molecule has 0 unspecified atom stereocenters. The summed E-state index contributed by atoms with van der Waals surface area (Å²) >= 11 is 0. The lowest BCUT2D eigenvalue weighted by atomic mass is 9.75. The van der Waals surface area contributed by atoms with Crippen molar-refractivity contribution in [2.45, 2.75) is 50.0 Å². The highest BCUT2D eigenvalue weighted by Crippen LogP contribution is 2.48. The van der Waals surface area contributed by atoms with Crippen LogP contribution in [0.5, 0.6) is 0 Å². The van der Waals surface area contributed by atoms with Gasteiger partial charge in [0.2, 0.25) is 5.95 Å². The number of hydrogen-bond acceptors (Lipinski definition) is 5. The van der Waals surface area contributed by atoms with Crippen molar-refractivity contribution in [3.63, 3.8) is 0 Å². The third kappa shape index (κ3) is 2.84. The lowest BCUT2D eigenvalue weighted by Gasteiger charge is -2.47. The van der Waals surface area contributed by atoms with Crippen LogP contribution in [0.2, 0.25) is 0 Å². The Morgan fingerprint density at radius 1 is 1.04 bits per heavy atom. The molecular weight excluding hydrogens is 324 g/mol. The monoisotopic (exact) mass is 350 g/mol. The molecular formula is C21H26N4O. The van der Waals surface area contributed by atoms with Crippen LogP contribution >= 0.6 is 0 Å². The van der Waals surface area contributed by atoms with Gasteiger partial charge in [-0.15, -0.1) is 0 Å². The Morgan fingerprint density at radius 2 is 1.85 bits per heavy atom. The Morgan fingerprint density at radius 3 is 2.65 bits per heavy atom. The Hall–Kier alpha value is -2.14. The van der Waals surface area contributed by atoms with Gasteiger partial charge in [0, 0.05) is 37.6 Å². The van der Waals surface area contributed by atoms with Crippen molar-refractivity contribution in [1.82, 2.24) is 9.97 Å². The largest absolute Gasteiger partial charge is 0.396 e. The summed E-state index contributed by atoms with van der Waals surface area (Å²) < 4.78 is 0. The first-order chi connectivity index (χ1) is 12.8. The molecule has 3 heterocycles. The van der Waals surface area contributed by atoms with Crippen LogP contribution in [-0.4, -0.2) is 34.8 Å². The zero-order valence-electron chi connectivity index (χ0n) is 15.1. The van der Waals surface area contributed by atoms with Crippen LogP contribution in [-0.2, 0) is 0 Å². The molecule has 2 N–H and O–H groups in total. The second-order valence-electron chi connectivity index (χ2n) is 7.82. The third-order valence-corrected chi connectivity index (χ3v) is 6.02. The van der Waals surface area contributed by atoms with E-state index >= 15 is 0 Å². The number of rotatable bonds is 6. The van der Waals surface area contributed by atoms with Gasteiger partial charge < -0.3 is 15.3 Å². The second-order valence-corrected chi connectivity index (χ2v) is 7.82. The van der Waals surface area contributed by atoms with Crippen LogP contribution in [0.3, 0.4) is 0 Å². The molecule has 2 atom stereocenters. The summed E-state index contributed by atoms with van der Waals surface area (Å²) in [6, 6.07) is 11.6. The maximum absolute atomic E-state index is 9.03. The van der Waals surface area contributed by atoms with Crippen molar-refractivity contribution in [1.29, 1.82) is 0 Å². The number of aromatic nitrogens is 2. The van der Waals surface area contributed by atoms with Gasteiger partial charge in [-0.3, -0.25) is 0 Å². The van der Waals surface area contributed by atoms with E-state index in [9.17, 15) is 0 Å². The summed E-state index contributed by atoms with van der Waals surface area (Å²) in [5.41, 5.74) is 4.20. The summed E-state index contributed by atoms with van der Waals surface area (Å²) in [6.45, 7) is 1.95. The number of fused-ring (bicyclic) bond motifs is 2. The molecule has 6 rings (SSSR count). The molecule has 0 spiro atoms. The highest BCUT2D eigenvalue weighted by Gasteiger charge is 2.39. The van der Waals surface area contributed by atoms with Crippen LogP contribution in [0, 0.1) is 0 Å². The Labute approximate surface area is 154 Å². The van der Waals surface area contributed by atoms with Gasteiger partial charge in [-0.25, -0.2) is 4.98 Å². The molecule has 5 nitrogen and oxygen atoms in total. The zero-order chi connectivity index (χ0) is 17.5. The van der Waals surface area contributed by atoms with Gasteiger partial charge in [-0.05, 0) is 43.2 Å². The quantitative estimate of drug-likeness (QED) is 0.780. The predicted octanol–water partition coefficient (Wildman–Crippen LogP) is 3.59. The minimum atomic E-state index is 0.189. The fourth-order valence-corrected chi connectivity index (χ4v) is 4.53. The van der Waals surface area contributed by atoms with Gasteiger partial charge in [-0.2, -0.15) is 4.98 Å². The van der Waals surface area contributed by atoms with Crippen molar-refractivity contribution in [2.75, 3.05) is 29.9 Å². The van der Waals surface area contributed by atoms with Gasteiger partial charge >= 0.3 is 0 Å². The Bertz CT molecular complexity index is 804.